The highest BCUT2D eigenvalue weighted by atomic mass is 32.1. The number of anilines is 3. The predicted octanol–water partition coefficient (Wildman–Crippen LogP) is 12.3. The molecule has 1 unspecified atom stereocenters. The van der Waals surface area contributed by atoms with Crippen LogP contribution >= 0.6 is 40.5 Å². The minimum atomic E-state index is -4.47. The summed E-state index contributed by atoms with van der Waals surface area (Å²) >= 11 is 0. The summed E-state index contributed by atoms with van der Waals surface area (Å²) in [5.41, 5.74) is 13.3. The van der Waals surface area contributed by atoms with Crippen molar-refractivity contribution < 1.29 is 37.4 Å². The van der Waals surface area contributed by atoms with E-state index in [0.29, 0.717) is 64.9 Å². The molecule has 4 atom stereocenters. The molecule has 12 aromatic rings. The van der Waals surface area contributed by atoms with Crippen LogP contribution in [0.1, 0.15) is 118 Å². The van der Waals surface area contributed by atoms with Crippen molar-refractivity contribution in [2.45, 2.75) is 71.1 Å². The molecule has 0 fully saturated rings. The molecule has 12 rings (SSSR count). The maximum atomic E-state index is 12.3. The Balaban J connectivity index is 0.000000215. The van der Waals surface area contributed by atoms with Crippen LogP contribution in [0.25, 0.3) is 66.5 Å². The molecule has 0 aliphatic carbocycles. The van der Waals surface area contributed by atoms with Crippen LogP contribution in [0.2, 0.25) is 0 Å². The van der Waals surface area contributed by atoms with E-state index in [1.54, 1.807) is 89.5 Å². The summed E-state index contributed by atoms with van der Waals surface area (Å²) in [4.78, 5) is 92.5. The second kappa shape index (κ2) is 37.7. The summed E-state index contributed by atoms with van der Waals surface area (Å²) in [6.45, 7) is 10.4. The molecule has 3 aromatic carbocycles. The molecule has 0 saturated carbocycles. The maximum Gasteiger partial charge on any atom is 0.422 e. The standard InChI is InChI=1S/C25H26N6O2.C25H26N6O.C24H22F3N7O2.3H2S/c1-15(18-5-4-6-19-20(25(33)26-3)9-10-27-24(18)19)12-29-23-11-22(30-14-31-23)17-7-8-21(16(2)32)28-13-17;1-4-18-9-8-17(14-28-18)22-12-23(31-15-30-22)29-13-16(2)19-6-5-7-20-21(25(32)26-3)10-11-27-24(19)20;1-14(16-4-3-5-17-18(22(35)28-2)6-7-29-21(16)17)9-30-20-8-19(33-13-34-20)15-10-31-23(32-11-15)36-12-24(25,26)27;;;/h4-11,13-16,32H,12H2,1-3H3,(H,26,33)(H,29,30,31);5-12,14-16H,4,13H2,1-3H3,(H,26,32)(H,29,30,31);3-8,10-11,13-14H,9,12H2,1-2H3,(H,28,35)(H,30,33,34);3*1H2/t15-,16?;16-;14-;;;/m111.../s1. The minimum absolute atomic E-state index is 0. The lowest BCUT2D eigenvalue weighted by Gasteiger charge is -2.16. The summed E-state index contributed by atoms with van der Waals surface area (Å²) < 4.78 is 41.4. The number of carbonyl (C=O) groups is 3. The number of hydrogen-bond acceptors (Lipinski definition) is 21. The number of aliphatic hydroxyl groups is 1. The quantitative estimate of drug-likeness (QED) is 0.0331. The van der Waals surface area contributed by atoms with Crippen molar-refractivity contribution in [1.29, 1.82) is 0 Å². The fourth-order valence-corrected chi connectivity index (χ4v) is 11.0. The summed E-state index contributed by atoms with van der Waals surface area (Å²) in [5, 5.41) is 30.2. The molecule has 0 spiro atoms. The van der Waals surface area contributed by atoms with E-state index in [1.807, 2.05) is 92.0 Å². The topological polar surface area (TPSA) is 320 Å². The van der Waals surface area contributed by atoms with Gasteiger partial charge in [0.25, 0.3) is 17.7 Å². The summed E-state index contributed by atoms with van der Waals surface area (Å²) in [7, 11) is 4.84. The number of rotatable bonds is 22. The van der Waals surface area contributed by atoms with Gasteiger partial charge < -0.3 is 41.7 Å². The van der Waals surface area contributed by atoms with Crippen LogP contribution in [0.5, 0.6) is 6.01 Å². The zero-order valence-corrected chi connectivity index (χ0v) is 61.1. The number of aryl methyl sites for hydroxylation is 1. The normalized spacial score (nSPS) is 12.0. The van der Waals surface area contributed by atoms with Gasteiger partial charge in [-0.05, 0) is 72.5 Å². The molecule has 0 saturated heterocycles. The number of benzene rings is 3. The molecule has 540 valence electrons. The highest BCUT2D eigenvalue weighted by molar-refractivity contribution is 7.59. The maximum absolute atomic E-state index is 12.3. The first-order valence-corrected chi connectivity index (χ1v) is 32.4. The van der Waals surface area contributed by atoms with Crippen LogP contribution in [0, 0.1) is 0 Å². The predicted molar refractivity (Wildman–Crippen MR) is 412 cm³/mol. The van der Waals surface area contributed by atoms with Crippen molar-refractivity contribution >= 4 is 108 Å². The largest absolute Gasteiger partial charge is 0.454 e. The van der Waals surface area contributed by atoms with Crippen LogP contribution < -0.4 is 36.6 Å². The number of alkyl halides is 3. The van der Waals surface area contributed by atoms with Gasteiger partial charge in [-0.25, -0.2) is 39.9 Å². The second-order valence-corrected chi connectivity index (χ2v) is 23.5. The van der Waals surface area contributed by atoms with Crippen LogP contribution in [0.3, 0.4) is 0 Å². The third-order valence-corrected chi connectivity index (χ3v) is 16.5. The van der Waals surface area contributed by atoms with Gasteiger partial charge in [0.15, 0.2) is 6.61 Å². The molecule has 9 heterocycles. The van der Waals surface area contributed by atoms with Crippen molar-refractivity contribution in [3.63, 3.8) is 0 Å². The molecule has 104 heavy (non-hydrogen) atoms. The van der Waals surface area contributed by atoms with Crippen LogP contribution in [-0.2, 0) is 6.42 Å². The van der Waals surface area contributed by atoms with Gasteiger partial charge in [0.1, 0.15) is 36.4 Å². The average Bonchev–Trinajstić information content (AvgIpc) is 0.797. The fourth-order valence-electron chi connectivity index (χ4n) is 11.0. The Kier molecular flexibility index (Phi) is 29.1. The summed E-state index contributed by atoms with van der Waals surface area (Å²) in [5.74, 6) is 1.86. The van der Waals surface area contributed by atoms with Crippen LogP contribution in [0.4, 0.5) is 30.6 Å². The van der Waals surface area contributed by atoms with E-state index in [1.165, 1.54) is 25.0 Å². The molecular formula is C74H80F3N19O5S3. The van der Waals surface area contributed by atoms with Crippen molar-refractivity contribution in [1.82, 2.24) is 80.7 Å². The number of carbonyl (C=O) groups excluding carboxylic acids is 3. The molecule has 30 heteroatoms. The third-order valence-electron chi connectivity index (χ3n) is 16.5. The van der Waals surface area contributed by atoms with Crippen LogP contribution in [-0.4, -0.2) is 141 Å². The van der Waals surface area contributed by atoms with E-state index in [9.17, 15) is 32.7 Å². The van der Waals surface area contributed by atoms with Gasteiger partial charge in [-0.15, -0.1) is 0 Å². The highest BCUT2D eigenvalue weighted by Gasteiger charge is 2.29. The number of aliphatic hydroxyl groups excluding tert-OH is 1. The number of aromatic nitrogens is 13. The van der Waals surface area contributed by atoms with E-state index in [4.69, 9.17) is 0 Å². The summed E-state index contributed by atoms with van der Waals surface area (Å²) in [6, 6.07) is 35.6. The Hall–Kier alpha value is -11.1. The van der Waals surface area contributed by atoms with Gasteiger partial charge in [0.2, 0.25) is 0 Å². The van der Waals surface area contributed by atoms with Gasteiger partial charge in [0, 0.05) is 159 Å². The number of halogens is 3. The number of amides is 3. The minimum Gasteiger partial charge on any atom is -0.454 e. The second-order valence-electron chi connectivity index (χ2n) is 23.5. The lowest BCUT2D eigenvalue weighted by Crippen LogP contribution is -2.20. The Labute approximate surface area is 619 Å². The van der Waals surface area contributed by atoms with Gasteiger partial charge in [-0.1, -0.05) is 82.3 Å². The van der Waals surface area contributed by atoms with Crippen molar-refractivity contribution in [2.24, 2.45) is 0 Å². The van der Waals surface area contributed by atoms with Gasteiger partial charge in [-0.2, -0.15) is 53.7 Å². The fraction of sp³-hybridized carbons (Fsp3) is 0.243. The SMILES string of the molecule is CCc1ccc(-c2cc(NC[C@@H](C)c3cccc4c(C(=O)NC)ccnc34)ncn2)cn1.CNC(=O)c1ccnc2c([C@H](C)CNc3cc(-c4ccc(C(C)O)nc4)ncn3)cccc12.CNC(=O)c1ccnc2c([C@H](C)CNc3cc(-c4cnc(OCC(F)(F)F)nc4)ncn3)cccc12.S.S.S. The van der Waals surface area contributed by atoms with Crippen molar-refractivity contribution in [3.05, 3.63) is 222 Å². The number of hydrogen-bond donors (Lipinski definition) is 7. The molecule has 24 nitrogen and oxygen atoms in total. The molecule has 9 aromatic heterocycles. The van der Waals surface area contributed by atoms with Gasteiger partial charge in [-0.3, -0.25) is 39.3 Å². The Morgan fingerprint density at radius 2 is 0.817 bits per heavy atom. The zero-order chi connectivity index (χ0) is 71.6. The molecule has 7 N–H and O–H groups in total. The van der Waals surface area contributed by atoms with E-state index in [2.05, 4.69) is 128 Å². The molecular weight excluding hydrogens is 1390 g/mol. The Morgan fingerprint density at radius 1 is 0.452 bits per heavy atom. The number of fused-ring (bicyclic) bond motifs is 3. The van der Waals surface area contributed by atoms with Gasteiger partial charge in [0.05, 0.1) is 62.1 Å². The van der Waals surface area contributed by atoms with Gasteiger partial charge >= 0.3 is 12.2 Å². The van der Waals surface area contributed by atoms with Crippen molar-refractivity contribution in [3.8, 4) is 39.8 Å². The molecule has 0 bridgehead atoms. The first-order valence-electron chi connectivity index (χ1n) is 32.4. The number of nitrogens with zero attached hydrogens (tertiary/aromatic N) is 13. The van der Waals surface area contributed by atoms with E-state index < -0.39 is 18.9 Å². The molecule has 3 amide bonds. The lowest BCUT2D eigenvalue weighted by molar-refractivity contribution is -0.154. The van der Waals surface area contributed by atoms with Crippen molar-refractivity contribution in [2.75, 3.05) is 63.3 Å². The average molecular weight is 1470 g/mol. The summed E-state index contributed by atoms with van der Waals surface area (Å²) in [6.07, 6.45) is 11.4. The number of nitrogens with one attached hydrogen (secondary N) is 6. The Morgan fingerprint density at radius 3 is 1.14 bits per heavy atom. The first-order chi connectivity index (χ1) is 48.8. The zero-order valence-electron chi connectivity index (χ0n) is 58.1. The molecule has 0 aliphatic rings. The smallest absolute Gasteiger partial charge is 0.422 e. The number of pyridine rings is 5. The molecule has 0 aliphatic heterocycles. The lowest BCUT2D eigenvalue weighted by atomic mass is 9.96. The van der Waals surface area contributed by atoms with Crippen LogP contribution in [0.15, 0.2) is 178 Å². The monoisotopic (exact) mass is 1470 g/mol. The Bertz CT molecular complexity index is 4860. The van der Waals surface area contributed by atoms with E-state index in [-0.39, 0.29) is 82.0 Å². The highest BCUT2D eigenvalue weighted by Crippen LogP contribution is 2.32. The third kappa shape index (κ3) is 20.4. The first kappa shape index (κ1) is 80.2. The number of ether oxygens (including phenoxy) is 1. The van der Waals surface area contributed by atoms with E-state index in [0.717, 1.165) is 89.8 Å². The molecule has 0 radical (unpaired) electrons. The number of para-hydroxylation sites is 3. The van der Waals surface area contributed by atoms with E-state index >= 15 is 0 Å².